The van der Waals surface area contributed by atoms with Crippen LogP contribution in [0.1, 0.15) is 30.5 Å². The summed E-state index contributed by atoms with van der Waals surface area (Å²) in [5.41, 5.74) is 8.88. The van der Waals surface area contributed by atoms with Gasteiger partial charge in [-0.2, -0.15) is 0 Å². The molecule has 1 heterocycles. The average Bonchev–Trinajstić information content (AvgIpc) is 2.84. The van der Waals surface area contributed by atoms with Crippen LogP contribution < -0.4 is 11.1 Å². The van der Waals surface area contributed by atoms with Crippen molar-refractivity contribution in [3.05, 3.63) is 29.3 Å². The van der Waals surface area contributed by atoms with E-state index < -0.39 is 6.04 Å². The van der Waals surface area contributed by atoms with Crippen LogP contribution in [0.4, 0.5) is 11.6 Å². The summed E-state index contributed by atoms with van der Waals surface area (Å²) < 4.78 is 1.68. The summed E-state index contributed by atoms with van der Waals surface area (Å²) in [5, 5.41) is 11.5. The molecule has 2 aromatic rings. The smallest absolute Gasteiger partial charge is 0.247 e. The number of thioether (sulfide) groups is 1. The lowest BCUT2D eigenvalue weighted by Crippen LogP contribution is -2.27. The summed E-state index contributed by atoms with van der Waals surface area (Å²) in [7, 11) is 0. The van der Waals surface area contributed by atoms with Gasteiger partial charge in [-0.1, -0.05) is 36.4 Å². The van der Waals surface area contributed by atoms with E-state index in [1.165, 1.54) is 11.8 Å². The molecule has 0 saturated heterocycles. The van der Waals surface area contributed by atoms with Crippen molar-refractivity contribution in [1.82, 2.24) is 14.8 Å². The number of hydrogen-bond acceptors (Lipinski definition) is 5. The van der Waals surface area contributed by atoms with Gasteiger partial charge in [0.15, 0.2) is 5.16 Å². The van der Waals surface area contributed by atoms with Crippen molar-refractivity contribution in [3.63, 3.8) is 0 Å². The zero-order chi connectivity index (χ0) is 16.3. The Balaban J connectivity index is 2.27. The van der Waals surface area contributed by atoms with Crippen LogP contribution in [0.5, 0.6) is 0 Å². The fourth-order valence-electron chi connectivity index (χ4n) is 2.38. The molecule has 22 heavy (non-hydrogen) atoms. The van der Waals surface area contributed by atoms with Crippen LogP contribution >= 0.6 is 11.8 Å². The topological polar surface area (TPSA) is 85.8 Å². The fourth-order valence-corrected chi connectivity index (χ4v) is 2.92. The summed E-state index contributed by atoms with van der Waals surface area (Å²) in [6.07, 6.45) is 2.49. The summed E-state index contributed by atoms with van der Waals surface area (Å²) in [5.74, 6) is 0.142. The first kappa shape index (κ1) is 16.4. The van der Waals surface area contributed by atoms with Crippen molar-refractivity contribution in [2.75, 3.05) is 17.3 Å². The van der Waals surface area contributed by atoms with Crippen molar-refractivity contribution in [2.24, 2.45) is 0 Å². The number of anilines is 2. The molecular formula is C15H21N5OS. The summed E-state index contributed by atoms with van der Waals surface area (Å²) in [6.45, 7) is 5.94. The Morgan fingerprint density at radius 2 is 2.14 bits per heavy atom. The van der Waals surface area contributed by atoms with Gasteiger partial charge in [-0.05, 0) is 38.2 Å². The summed E-state index contributed by atoms with van der Waals surface area (Å²) >= 11 is 1.42. The van der Waals surface area contributed by atoms with Gasteiger partial charge in [-0.15, -0.1) is 10.2 Å². The number of aryl methyl sites for hydroxylation is 2. The van der Waals surface area contributed by atoms with E-state index in [2.05, 4.69) is 15.5 Å². The number of benzene rings is 1. The summed E-state index contributed by atoms with van der Waals surface area (Å²) in [4.78, 5) is 12.6. The standard InChI is InChI=1S/C15H21N5OS/c1-5-12(20-14(16)18-19-15(20)22-4)13(21)17-11-7-6-9(2)8-10(11)3/h6-8,12H,5H2,1-4H3,(H2,16,18)(H,17,21)/t12-/m0/s1. The first-order valence-corrected chi connectivity index (χ1v) is 8.32. The van der Waals surface area contributed by atoms with Crippen LogP contribution in [0.2, 0.25) is 0 Å². The Labute approximate surface area is 134 Å². The van der Waals surface area contributed by atoms with Crippen LogP contribution in [0.3, 0.4) is 0 Å². The molecular weight excluding hydrogens is 298 g/mol. The number of carbonyl (C=O) groups is 1. The second-order valence-corrected chi connectivity index (χ2v) is 5.92. The number of rotatable bonds is 5. The molecule has 7 heteroatoms. The van der Waals surface area contributed by atoms with Crippen LogP contribution in [-0.4, -0.2) is 26.9 Å². The highest BCUT2D eigenvalue weighted by Crippen LogP contribution is 2.25. The molecule has 2 rings (SSSR count). The third-order valence-electron chi connectivity index (χ3n) is 3.51. The van der Waals surface area contributed by atoms with Crippen molar-refractivity contribution in [1.29, 1.82) is 0 Å². The predicted molar refractivity (Wildman–Crippen MR) is 90.1 cm³/mol. The lowest BCUT2D eigenvalue weighted by atomic mass is 10.1. The van der Waals surface area contributed by atoms with Gasteiger partial charge in [0.1, 0.15) is 6.04 Å². The molecule has 1 aromatic carbocycles. The zero-order valence-corrected chi connectivity index (χ0v) is 14.1. The third-order valence-corrected chi connectivity index (χ3v) is 4.16. The minimum absolute atomic E-state index is 0.115. The van der Waals surface area contributed by atoms with Gasteiger partial charge in [-0.25, -0.2) is 0 Å². The Bertz CT molecular complexity index is 683. The maximum absolute atomic E-state index is 12.6. The molecule has 0 radical (unpaired) electrons. The molecule has 0 aliphatic carbocycles. The Kier molecular flexibility index (Phi) is 5.07. The van der Waals surface area contributed by atoms with E-state index in [0.717, 1.165) is 16.8 Å². The van der Waals surface area contributed by atoms with Crippen molar-refractivity contribution < 1.29 is 4.79 Å². The average molecular weight is 319 g/mol. The van der Waals surface area contributed by atoms with Crippen LogP contribution in [-0.2, 0) is 4.79 Å². The number of nitrogens with zero attached hydrogens (tertiary/aromatic N) is 3. The highest BCUT2D eigenvalue weighted by atomic mass is 32.2. The Morgan fingerprint density at radius 3 is 2.73 bits per heavy atom. The normalized spacial score (nSPS) is 12.2. The van der Waals surface area contributed by atoms with E-state index in [1.807, 2.05) is 45.2 Å². The number of aromatic nitrogens is 3. The van der Waals surface area contributed by atoms with E-state index in [9.17, 15) is 4.79 Å². The number of nitrogens with one attached hydrogen (secondary N) is 1. The molecule has 1 amide bonds. The lowest BCUT2D eigenvalue weighted by molar-refractivity contribution is -0.119. The number of nitrogens with two attached hydrogens (primary N) is 1. The molecule has 0 fully saturated rings. The van der Waals surface area contributed by atoms with Crippen molar-refractivity contribution >= 4 is 29.3 Å². The molecule has 1 atom stereocenters. The van der Waals surface area contributed by atoms with Gasteiger partial charge in [-0.3, -0.25) is 9.36 Å². The van der Waals surface area contributed by atoms with Crippen LogP contribution in [0, 0.1) is 13.8 Å². The number of amides is 1. The lowest BCUT2D eigenvalue weighted by Gasteiger charge is -2.19. The zero-order valence-electron chi connectivity index (χ0n) is 13.3. The molecule has 0 unspecified atom stereocenters. The van der Waals surface area contributed by atoms with E-state index in [4.69, 9.17) is 5.73 Å². The number of hydrogen-bond donors (Lipinski definition) is 2. The highest BCUT2D eigenvalue weighted by Gasteiger charge is 2.24. The van der Waals surface area contributed by atoms with Gasteiger partial charge < -0.3 is 11.1 Å². The molecule has 0 aliphatic rings. The monoisotopic (exact) mass is 319 g/mol. The van der Waals surface area contributed by atoms with Gasteiger partial charge in [0.05, 0.1) is 0 Å². The van der Waals surface area contributed by atoms with Crippen LogP contribution in [0.25, 0.3) is 0 Å². The van der Waals surface area contributed by atoms with E-state index >= 15 is 0 Å². The maximum Gasteiger partial charge on any atom is 0.247 e. The number of carbonyl (C=O) groups excluding carboxylic acids is 1. The van der Waals surface area contributed by atoms with E-state index in [-0.39, 0.29) is 11.9 Å². The largest absolute Gasteiger partial charge is 0.368 e. The molecule has 0 saturated carbocycles. The summed E-state index contributed by atoms with van der Waals surface area (Å²) in [6, 6.07) is 5.50. The highest BCUT2D eigenvalue weighted by molar-refractivity contribution is 7.98. The van der Waals surface area contributed by atoms with E-state index in [1.54, 1.807) is 4.57 Å². The van der Waals surface area contributed by atoms with Gasteiger partial charge in [0.25, 0.3) is 0 Å². The first-order valence-electron chi connectivity index (χ1n) is 7.10. The molecule has 0 spiro atoms. The minimum atomic E-state index is -0.432. The molecule has 118 valence electrons. The van der Waals surface area contributed by atoms with Crippen molar-refractivity contribution in [2.45, 2.75) is 38.4 Å². The molecule has 1 aromatic heterocycles. The Morgan fingerprint density at radius 1 is 1.41 bits per heavy atom. The van der Waals surface area contributed by atoms with Gasteiger partial charge >= 0.3 is 0 Å². The Hall–Kier alpha value is -2.02. The third kappa shape index (κ3) is 3.24. The SMILES string of the molecule is CC[C@@H](C(=O)Nc1ccc(C)cc1C)n1c(N)nnc1SC. The van der Waals surface area contributed by atoms with Crippen molar-refractivity contribution in [3.8, 4) is 0 Å². The predicted octanol–water partition coefficient (Wildman–Crippen LogP) is 2.79. The first-order chi connectivity index (χ1) is 10.5. The maximum atomic E-state index is 12.6. The van der Waals surface area contributed by atoms with E-state index in [0.29, 0.717) is 11.6 Å². The molecule has 6 nitrogen and oxygen atoms in total. The minimum Gasteiger partial charge on any atom is -0.368 e. The quantitative estimate of drug-likeness (QED) is 0.828. The van der Waals surface area contributed by atoms with Crippen LogP contribution in [0.15, 0.2) is 23.4 Å². The molecule has 3 N–H and O–H groups in total. The van der Waals surface area contributed by atoms with Gasteiger partial charge in [0, 0.05) is 5.69 Å². The fraction of sp³-hybridized carbons (Fsp3) is 0.400. The second-order valence-electron chi connectivity index (χ2n) is 5.15. The second kappa shape index (κ2) is 6.83. The number of nitrogen functional groups attached to an aromatic ring is 1. The molecule has 0 bridgehead atoms. The molecule has 0 aliphatic heterocycles. The van der Waals surface area contributed by atoms with Gasteiger partial charge in [0.2, 0.25) is 11.9 Å².